The summed E-state index contributed by atoms with van der Waals surface area (Å²) < 4.78 is 0. The van der Waals surface area contributed by atoms with Crippen LogP contribution in [0.5, 0.6) is 0 Å². The van der Waals surface area contributed by atoms with Crippen LogP contribution >= 0.6 is 0 Å². The van der Waals surface area contributed by atoms with Gasteiger partial charge in [-0.1, -0.05) is 67.8 Å². The molecule has 1 nitrogen and oxygen atoms in total. The molecule has 0 saturated heterocycles. The first-order chi connectivity index (χ1) is 9.30. The number of hydrogen-bond donors (Lipinski definition) is 1. The third-order valence-electron chi connectivity index (χ3n) is 3.27. The van der Waals surface area contributed by atoms with Gasteiger partial charge in [-0.3, -0.25) is 0 Å². The minimum Gasteiger partial charge on any atom is -0.365 e. The minimum atomic E-state index is -0.433. The maximum Gasteiger partial charge on any atom is 0.124 e. The normalized spacial score (nSPS) is 13.3. The summed E-state index contributed by atoms with van der Waals surface area (Å²) in [6.07, 6.45) is 7.79. The van der Waals surface area contributed by atoms with Crippen molar-refractivity contribution in [1.29, 1.82) is 0 Å². The third kappa shape index (κ3) is 2.98. The van der Waals surface area contributed by atoms with E-state index in [1.807, 2.05) is 48.5 Å². The van der Waals surface area contributed by atoms with Crippen molar-refractivity contribution in [2.45, 2.75) is 25.3 Å². The summed E-state index contributed by atoms with van der Waals surface area (Å²) >= 11 is 0. The Bertz CT molecular complexity index is 539. The van der Waals surface area contributed by atoms with E-state index in [4.69, 9.17) is 6.42 Å². The van der Waals surface area contributed by atoms with Crippen molar-refractivity contribution >= 4 is 5.69 Å². The molecular weight excluding hydrogens is 230 g/mol. The standard InChI is InChI=1S/C18H19N/c1-3-15-18(4-2,16-11-7-5-8-12-16)19-17-13-9-6-10-14-17/h2,5-14,19H,3,15H2,1H3. The molecule has 0 aliphatic carbocycles. The lowest BCUT2D eigenvalue weighted by Crippen LogP contribution is -2.33. The molecule has 0 amide bonds. The number of nitrogens with one attached hydrogen (secondary N) is 1. The van der Waals surface area contributed by atoms with Gasteiger partial charge < -0.3 is 5.32 Å². The Labute approximate surface area is 115 Å². The van der Waals surface area contributed by atoms with Crippen molar-refractivity contribution in [3.05, 3.63) is 66.2 Å². The largest absolute Gasteiger partial charge is 0.365 e. The molecule has 0 aliphatic rings. The highest BCUT2D eigenvalue weighted by molar-refractivity contribution is 5.51. The third-order valence-corrected chi connectivity index (χ3v) is 3.27. The van der Waals surface area contributed by atoms with Crippen LogP contribution in [0.25, 0.3) is 0 Å². The summed E-state index contributed by atoms with van der Waals surface area (Å²) in [6.45, 7) is 2.15. The maximum absolute atomic E-state index is 5.86. The smallest absolute Gasteiger partial charge is 0.124 e. The molecule has 1 atom stereocenters. The van der Waals surface area contributed by atoms with Crippen molar-refractivity contribution < 1.29 is 0 Å². The van der Waals surface area contributed by atoms with E-state index in [-0.39, 0.29) is 0 Å². The molecule has 0 heterocycles. The first-order valence-corrected chi connectivity index (χ1v) is 6.67. The van der Waals surface area contributed by atoms with E-state index in [1.165, 1.54) is 0 Å². The van der Waals surface area contributed by atoms with Crippen LogP contribution in [0.15, 0.2) is 60.7 Å². The Morgan fingerprint density at radius 1 is 1.00 bits per heavy atom. The number of anilines is 1. The van der Waals surface area contributed by atoms with Crippen molar-refractivity contribution in [1.82, 2.24) is 0 Å². The molecule has 2 aromatic rings. The van der Waals surface area contributed by atoms with E-state index < -0.39 is 5.54 Å². The Hall–Kier alpha value is -2.20. The maximum atomic E-state index is 5.86. The molecule has 0 aliphatic heterocycles. The van der Waals surface area contributed by atoms with Gasteiger partial charge in [0, 0.05) is 5.69 Å². The summed E-state index contributed by atoms with van der Waals surface area (Å²) in [6, 6.07) is 20.4. The summed E-state index contributed by atoms with van der Waals surface area (Å²) in [5, 5.41) is 3.52. The molecule has 2 rings (SSSR count). The number of terminal acetylenes is 1. The van der Waals surface area contributed by atoms with Gasteiger partial charge in [0.2, 0.25) is 0 Å². The highest BCUT2D eigenvalue weighted by atomic mass is 15.0. The van der Waals surface area contributed by atoms with E-state index in [9.17, 15) is 0 Å². The Balaban J connectivity index is 2.38. The summed E-state index contributed by atoms with van der Waals surface area (Å²) in [5.41, 5.74) is 1.76. The second-order valence-electron chi connectivity index (χ2n) is 4.66. The lowest BCUT2D eigenvalue weighted by atomic mass is 9.86. The van der Waals surface area contributed by atoms with Gasteiger partial charge in [-0.15, -0.1) is 6.42 Å². The van der Waals surface area contributed by atoms with Crippen LogP contribution < -0.4 is 5.32 Å². The van der Waals surface area contributed by atoms with Gasteiger partial charge in [-0.25, -0.2) is 0 Å². The van der Waals surface area contributed by atoms with Crippen LogP contribution in [-0.2, 0) is 5.54 Å². The van der Waals surface area contributed by atoms with Gasteiger partial charge in [-0.2, -0.15) is 0 Å². The van der Waals surface area contributed by atoms with Crippen LogP contribution in [-0.4, -0.2) is 0 Å². The SMILES string of the molecule is C#CC(CCC)(Nc1ccccc1)c1ccccc1. The topological polar surface area (TPSA) is 12.0 Å². The molecule has 96 valence electrons. The first-order valence-electron chi connectivity index (χ1n) is 6.67. The zero-order valence-corrected chi connectivity index (χ0v) is 11.3. The van der Waals surface area contributed by atoms with Gasteiger partial charge in [0.15, 0.2) is 0 Å². The molecule has 0 spiro atoms. The summed E-state index contributed by atoms with van der Waals surface area (Å²) in [5.74, 6) is 2.97. The number of rotatable bonds is 5. The molecule has 0 fully saturated rings. The van der Waals surface area contributed by atoms with Gasteiger partial charge in [0.05, 0.1) is 0 Å². The average Bonchev–Trinajstić information content (AvgIpc) is 2.49. The van der Waals surface area contributed by atoms with Gasteiger partial charge >= 0.3 is 0 Å². The van der Waals surface area contributed by atoms with Crippen LogP contribution in [0, 0.1) is 12.3 Å². The molecule has 19 heavy (non-hydrogen) atoms. The fraction of sp³-hybridized carbons (Fsp3) is 0.222. The molecule has 1 N–H and O–H groups in total. The van der Waals surface area contributed by atoms with Crippen molar-refractivity contribution in [3.8, 4) is 12.3 Å². The highest BCUT2D eigenvalue weighted by Crippen LogP contribution is 2.30. The molecule has 0 aromatic heterocycles. The zero-order chi connectivity index (χ0) is 13.6. The predicted octanol–water partition coefficient (Wildman–Crippen LogP) is 4.43. The number of hydrogen-bond acceptors (Lipinski definition) is 1. The van der Waals surface area contributed by atoms with E-state index in [1.54, 1.807) is 0 Å². The van der Waals surface area contributed by atoms with Crippen LogP contribution in [0.3, 0.4) is 0 Å². The molecule has 0 saturated carbocycles. The van der Waals surface area contributed by atoms with Crippen LogP contribution in [0.4, 0.5) is 5.69 Å². The quantitative estimate of drug-likeness (QED) is 0.773. The fourth-order valence-electron chi connectivity index (χ4n) is 2.34. The average molecular weight is 249 g/mol. The number of para-hydroxylation sites is 1. The second-order valence-corrected chi connectivity index (χ2v) is 4.66. The molecule has 0 bridgehead atoms. The molecule has 0 radical (unpaired) electrons. The number of benzene rings is 2. The molecule has 1 heteroatoms. The van der Waals surface area contributed by atoms with Gasteiger partial charge in [-0.05, 0) is 24.1 Å². The van der Waals surface area contributed by atoms with E-state index in [0.29, 0.717) is 0 Å². The molecule has 2 aromatic carbocycles. The minimum absolute atomic E-state index is 0.433. The van der Waals surface area contributed by atoms with Gasteiger partial charge in [0.1, 0.15) is 5.54 Å². The van der Waals surface area contributed by atoms with Crippen molar-refractivity contribution in [3.63, 3.8) is 0 Å². The second kappa shape index (κ2) is 6.11. The molecular formula is C18H19N. The molecule has 1 unspecified atom stereocenters. The first kappa shape index (κ1) is 13.2. The van der Waals surface area contributed by atoms with Crippen molar-refractivity contribution in [2.75, 3.05) is 5.32 Å². The fourth-order valence-corrected chi connectivity index (χ4v) is 2.34. The summed E-state index contributed by atoms with van der Waals surface area (Å²) in [4.78, 5) is 0. The van der Waals surface area contributed by atoms with E-state index >= 15 is 0 Å². The van der Waals surface area contributed by atoms with E-state index in [0.717, 1.165) is 24.1 Å². The summed E-state index contributed by atoms with van der Waals surface area (Å²) in [7, 11) is 0. The van der Waals surface area contributed by atoms with Crippen molar-refractivity contribution in [2.24, 2.45) is 0 Å². The van der Waals surface area contributed by atoms with Gasteiger partial charge in [0.25, 0.3) is 0 Å². The Morgan fingerprint density at radius 2 is 1.58 bits per heavy atom. The van der Waals surface area contributed by atoms with Crippen LogP contribution in [0.2, 0.25) is 0 Å². The predicted molar refractivity (Wildman–Crippen MR) is 81.9 cm³/mol. The monoisotopic (exact) mass is 249 g/mol. The lowest BCUT2D eigenvalue weighted by molar-refractivity contribution is 0.566. The van der Waals surface area contributed by atoms with Crippen LogP contribution in [0.1, 0.15) is 25.3 Å². The lowest BCUT2D eigenvalue weighted by Gasteiger charge is -2.31. The Kier molecular flexibility index (Phi) is 4.26. The zero-order valence-electron chi connectivity index (χ0n) is 11.3. The Morgan fingerprint density at radius 3 is 2.11 bits per heavy atom. The van der Waals surface area contributed by atoms with E-state index in [2.05, 4.69) is 30.3 Å². The highest BCUT2D eigenvalue weighted by Gasteiger charge is 2.28.